The number of carbonyl (C=O) groups is 1. The lowest BCUT2D eigenvalue weighted by molar-refractivity contribution is -0.384. The van der Waals surface area contributed by atoms with E-state index in [2.05, 4.69) is 21.2 Å². The third-order valence-corrected chi connectivity index (χ3v) is 5.02. The summed E-state index contributed by atoms with van der Waals surface area (Å²) in [6.07, 6.45) is 0. The second-order valence-corrected chi connectivity index (χ2v) is 7.21. The van der Waals surface area contributed by atoms with Crippen molar-refractivity contribution in [1.29, 1.82) is 0 Å². The van der Waals surface area contributed by atoms with Crippen LogP contribution in [0, 0.1) is 10.1 Å². The molecule has 0 aromatic heterocycles. The maximum atomic E-state index is 12.8. The first-order valence-electron chi connectivity index (χ1n) is 8.52. The second kappa shape index (κ2) is 7.36. The summed E-state index contributed by atoms with van der Waals surface area (Å²) in [6.45, 7) is 0. The number of nitro groups is 1. The molecular formula is C21H14BrN3O3. The van der Waals surface area contributed by atoms with Gasteiger partial charge in [0.25, 0.3) is 5.69 Å². The number of hydrogen-bond acceptors (Lipinski definition) is 4. The van der Waals surface area contributed by atoms with Gasteiger partial charge in [0.15, 0.2) is 0 Å². The fourth-order valence-corrected chi connectivity index (χ4v) is 3.46. The van der Waals surface area contributed by atoms with Gasteiger partial charge in [0.05, 0.1) is 16.3 Å². The Morgan fingerprint density at radius 1 is 1.04 bits per heavy atom. The predicted octanol–water partition coefficient (Wildman–Crippen LogP) is 5.21. The number of hydrogen-bond donors (Lipinski definition) is 1. The number of nitro benzene ring substituents is 1. The number of fused-ring (bicyclic) bond motifs is 1. The molecule has 0 spiro atoms. The van der Waals surface area contributed by atoms with Crippen LogP contribution in [0.4, 0.5) is 17.1 Å². The van der Waals surface area contributed by atoms with E-state index >= 15 is 0 Å². The van der Waals surface area contributed by atoms with Crippen molar-refractivity contribution in [3.8, 4) is 0 Å². The standard InChI is InChI=1S/C21H14BrN3O3/c22-14-6-8-15(9-7-14)23-20(13-4-2-1-3-5-13)19-17-12-16(25(27)28)10-11-18(17)24-21(19)26/h1-12,19H,(H,24,26). The van der Waals surface area contributed by atoms with E-state index in [1.807, 2.05) is 54.6 Å². The maximum Gasteiger partial charge on any atom is 0.269 e. The van der Waals surface area contributed by atoms with Crippen LogP contribution < -0.4 is 5.32 Å². The predicted molar refractivity (Wildman–Crippen MR) is 111 cm³/mol. The van der Waals surface area contributed by atoms with Crippen LogP contribution >= 0.6 is 15.9 Å². The van der Waals surface area contributed by atoms with Crippen LogP contribution in [-0.2, 0) is 4.79 Å². The van der Waals surface area contributed by atoms with Crippen LogP contribution in [0.15, 0.2) is 82.3 Å². The van der Waals surface area contributed by atoms with Crippen molar-refractivity contribution >= 4 is 44.6 Å². The Hall–Kier alpha value is -3.32. The van der Waals surface area contributed by atoms with Gasteiger partial charge in [-0.25, -0.2) is 0 Å². The minimum atomic E-state index is -0.735. The van der Waals surface area contributed by atoms with Crippen molar-refractivity contribution < 1.29 is 9.72 Å². The molecule has 0 saturated heterocycles. The fraction of sp³-hybridized carbons (Fsp3) is 0.0476. The number of non-ortho nitro benzene ring substituents is 1. The number of anilines is 1. The van der Waals surface area contributed by atoms with E-state index in [1.54, 1.807) is 6.07 Å². The van der Waals surface area contributed by atoms with E-state index in [0.29, 0.717) is 22.6 Å². The average molecular weight is 436 g/mol. The molecule has 7 heteroatoms. The Kier molecular flexibility index (Phi) is 4.75. The number of halogens is 1. The van der Waals surface area contributed by atoms with Gasteiger partial charge in [0.1, 0.15) is 5.92 Å². The van der Waals surface area contributed by atoms with Crippen LogP contribution in [0.2, 0.25) is 0 Å². The molecule has 1 amide bonds. The molecule has 1 aliphatic rings. The summed E-state index contributed by atoms with van der Waals surface area (Å²) in [5.41, 5.74) is 3.08. The van der Waals surface area contributed by atoms with Crippen LogP contribution in [0.1, 0.15) is 17.0 Å². The highest BCUT2D eigenvalue weighted by Crippen LogP contribution is 2.38. The summed E-state index contributed by atoms with van der Waals surface area (Å²) in [5.74, 6) is -0.990. The molecule has 1 aliphatic heterocycles. The molecular weight excluding hydrogens is 422 g/mol. The lowest BCUT2D eigenvalue weighted by Crippen LogP contribution is -2.22. The Labute approximate surface area is 169 Å². The number of rotatable bonds is 4. The lowest BCUT2D eigenvalue weighted by Gasteiger charge is -2.14. The molecule has 6 nitrogen and oxygen atoms in total. The second-order valence-electron chi connectivity index (χ2n) is 6.29. The van der Waals surface area contributed by atoms with Gasteiger partial charge in [0, 0.05) is 27.9 Å². The van der Waals surface area contributed by atoms with Crippen molar-refractivity contribution in [3.63, 3.8) is 0 Å². The van der Waals surface area contributed by atoms with Crippen LogP contribution in [-0.4, -0.2) is 16.5 Å². The van der Waals surface area contributed by atoms with Gasteiger partial charge in [-0.15, -0.1) is 0 Å². The van der Waals surface area contributed by atoms with E-state index in [0.717, 1.165) is 10.0 Å². The molecule has 138 valence electrons. The first-order chi connectivity index (χ1) is 13.5. The maximum absolute atomic E-state index is 12.8. The molecule has 0 fully saturated rings. The van der Waals surface area contributed by atoms with Gasteiger partial charge >= 0.3 is 0 Å². The molecule has 1 unspecified atom stereocenters. The van der Waals surface area contributed by atoms with E-state index in [1.165, 1.54) is 12.1 Å². The van der Waals surface area contributed by atoms with E-state index in [-0.39, 0.29) is 11.6 Å². The molecule has 1 atom stereocenters. The summed E-state index contributed by atoms with van der Waals surface area (Å²) in [4.78, 5) is 28.3. The summed E-state index contributed by atoms with van der Waals surface area (Å²) >= 11 is 3.40. The minimum Gasteiger partial charge on any atom is -0.325 e. The van der Waals surface area contributed by atoms with Crippen LogP contribution in [0.3, 0.4) is 0 Å². The molecule has 0 radical (unpaired) electrons. The summed E-state index contributed by atoms with van der Waals surface area (Å²) in [6, 6.07) is 21.2. The Bertz CT molecular complexity index is 1100. The Morgan fingerprint density at radius 3 is 2.43 bits per heavy atom. The van der Waals surface area contributed by atoms with Gasteiger partial charge in [-0.1, -0.05) is 46.3 Å². The molecule has 3 aromatic carbocycles. The Morgan fingerprint density at radius 2 is 1.75 bits per heavy atom. The first-order valence-corrected chi connectivity index (χ1v) is 9.31. The Balaban J connectivity index is 1.88. The van der Waals surface area contributed by atoms with Crippen LogP contribution in [0.5, 0.6) is 0 Å². The van der Waals surface area contributed by atoms with Crippen LogP contribution in [0.25, 0.3) is 0 Å². The fourth-order valence-electron chi connectivity index (χ4n) is 3.19. The van der Waals surface area contributed by atoms with Crippen molar-refractivity contribution in [3.05, 3.63) is 98.5 Å². The van der Waals surface area contributed by atoms with Crippen molar-refractivity contribution in [2.75, 3.05) is 5.32 Å². The zero-order chi connectivity index (χ0) is 19.7. The summed E-state index contributed by atoms with van der Waals surface area (Å²) in [5, 5.41) is 14.0. The molecule has 3 aromatic rings. The molecule has 28 heavy (non-hydrogen) atoms. The van der Waals surface area contributed by atoms with E-state index < -0.39 is 10.8 Å². The van der Waals surface area contributed by atoms with Crippen molar-refractivity contribution in [2.24, 2.45) is 4.99 Å². The smallest absolute Gasteiger partial charge is 0.269 e. The van der Waals surface area contributed by atoms with Gasteiger partial charge in [-0.05, 0) is 35.9 Å². The summed E-state index contributed by atoms with van der Waals surface area (Å²) in [7, 11) is 0. The zero-order valence-corrected chi connectivity index (χ0v) is 16.1. The monoisotopic (exact) mass is 435 g/mol. The molecule has 0 bridgehead atoms. The topological polar surface area (TPSA) is 84.6 Å². The quantitative estimate of drug-likeness (QED) is 0.346. The largest absolute Gasteiger partial charge is 0.325 e. The third-order valence-electron chi connectivity index (χ3n) is 4.50. The van der Waals surface area contributed by atoms with Gasteiger partial charge < -0.3 is 5.32 Å². The molecule has 4 rings (SSSR count). The van der Waals surface area contributed by atoms with E-state index in [9.17, 15) is 14.9 Å². The summed E-state index contributed by atoms with van der Waals surface area (Å²) < 4.78 is 0.923. The molecule has 0 aliphatic carbocycles. The number of amides is 1. The highest BCUT2D eigenvalue weighted by Gasteiger charge is 2.36. The van der Waals surface area contributed by atoms with Crippen molar-refractivity contribution in [2.45, 2.75) is 5.92 Å². The number of carbonyl (C=O) groups excluding carboxylic acids is 1. The van der Waals surface area contributed by atoms with Gasteiger partial charge in [-0.3, -0.25) is 19.9 Å². The number of nitrogens with one attached hydrogen (secondary N) is 1. The zero-order valence-electron chi connectivity index (χ0n) is 14.5. The van der Waals surface area contributed by atoms with Crippen molar-refractivity contribution in [1.82, 2.24) is 0 Å². The highest BCUT2D eigenvalue weighted by molar-refractivity contribution is 9.10. The van der Waals surface area contributed by atoms with Gasteiger partial charge in [0.2, 0.25) is 5.91 Å². The third kappa shape index (κ3) is 3.44. The first kappa shape index (κ1) is 18.1. The highest BCUT2D eigenvalue weighted by atomic mass is 79.9. The van der Waals surface area contributed by atoms with E-state index in [4.69, 9.17) is 4.99 Å². The SMILES string of the molecule is O=C1Nc2ccc([N+](=O)[O-])cc2C1C(=Nc1ccc(Br)cc1)c1ccccc1. The number of benzene rings is 3. The average Bonchev–Trinajstić information content (AvgIpc) is 3.03. The number of nitrogens with zero attached hydrogens (tertiary/aromatic N) is 2. The lowest BCUT2D eigenvalue weighted by atomic mass is 9.90. The normalized spacial score (nSPS) is 15.8. The minimum absolute atomic E-state index is 0.0590. The molecule has 0 saturated carbocycles. The number of aliphatic imine (C=N–C) groups is 1. The van der Waals surface area contributed by atoms with Gasteiger partial charge in [-0.2, -0.15) is 0 Å². The molecule has 1 heterocycles. The molecule has 1 N–H and O–H groups in total.